The molecule has 1 atom stereocenters. The zero-order valence-electron chi connectivity index (χ0n) is 14.3. The summed E-state index contributed by atoms with van der Waals surface area (Å²) in [5.41, 5.74) is 1.57. The highest BCUT2D eigenvalue weighted by molar-refractivity contribution is 5.76. The summed E-state index contributed by atoms with van der Waals surface area (Å²) in [6.07, 6.45) is 0.658. The largest absolute Gasteiger partial charge is 0.497 e. The van der Waals surface area contributed by atoms with E-state index >= 15 is 0 Å². The third-order valence-corrected chi connectivity index (χ3v) is 4.43. The predicted molar refractivity (Wildman–Crippen MR) is 93.0 cm³/mol. The number of amides is 1. The second kappa shape index (κ2) is 8.12. The van der Waals surface area contributed by atoms with E-state index in [-0.39, 0.29) is 11.7 Å². The minimum absolute atomic E-state index is 0.0625. The van der Waals surface area contributed by atoms with Crippen molar-refractivity contribution in [2.24, 2.45) is 0 Å². The standard InChI is InChI=1S/C20H22FNO3/c1-24-16-6-4-5-15(13-16)9-10-20(23)22-11-12-25-19(14-22)17-7-2-3-8-18(17)21/h2-8,13,19H,9-12,14H2,1H3/t19-/m1/s1. The van der Waals surface area contributed by atoms with Crippen molar-refractivity contribution in [1.82, 2.24) is 4.90 Å². The summed E-state index contributed by atoms with van der Waals surface area (Å²) >= 11 is 0. The number of hydrogen-bond donors (Lipinski definition) is 0. The van der Waals surface area contributed by atoms with Gasteiger partial charge in [0.15, 0.2) is 0 Å². The number of rotatable bonds is 5. The maximum Gasteiger partial charge on any atom is 0.223 e. The lowest BCUT2D eigenvalue weighted by Crippen LogP contribution is -2.42. The molecule has 1 aliphatic rings. The van der Waals surface area contributed by atoms with Crippen LogP contribution in [-0.4, -0.2) is 37.6 Å². The van der Waals surface area contributed by atoms with Crippen LogP contribution in [-0.2, 0) is 16.0 Å². The van der Waals surface area contributed by atoms with Crippen molar-refractivity contribution in [3.8, 4) is 5.75 Å². The number of ether oxygens (including phenoxy) is 2. The van der Waals surface area contributed by atoms with Crippen molar-refractivity contribution in [1.29, 1.82) is 0 Å². The first-order valence-corrected chi connectivity index (χ1v) is 8.44. The number of benzene rings is 2. The van der Waals surface area contributed by atoms with Crippen LogP contribution in [0.2, 0.25) is 0 Å². The number of halogens is 1. The number of carbonyl (C=O) groups is 1. The molecule has 132 valence electrons. The zero-order valence-corrected chi connectivity index (χ0v) is 14.3. The molecule has 0 unspecified atom stereocenters. The number of methoxy groups -OCH3 is 1. The Morgan fingerprint density at radius 1 is 1.28 bits per heavy atom. The summed E-state index contributed by atoms with van der Waals surface area (Å²) in [5, 5.41) is 0. The van der Waals surface area contributed by atoms with E-state index in [0.29, 0.717) is 38.1 Å². The molecule has 5 heteroatoms. The van der Waals surface area contributed by atoms with E-state index in [4.69, 9.17) is 9.47 Å². The highest BCUT2D eigenvalue weighted by Crippen LogP contribution is 2.25. The molecule has 0 aliphatic carbocycles. The molecule has 1 saturated heterocycles. The molecule has 1 aliphatic heterocycles. The Balaban J connectivity index is 1.59. The van der Waals surface area contributed by atoms with Gasteiger partial charge in [-0.15, -0.1) is 0 Å². The van der Waals surface area contributed by atoms with E-state index in [2.05, 4.69) is 0 Å². The molecule has 3 rings (SSSR count). The van der Waals surface area contributed by atoms with Gasteiger partial charge in [0.1, 0.15) is 17.7 Å². The Kier molecular flexibility index (Phi) is 5.66. The minimum atomic E-state index is -0.407. The van der Waals surface area contributed by atoms with Crippen LogP contribution in [0.5, 0.6) is 5.75 Å². The molecule has 1 heterocycles. The van der Waals surface area contributed by atoms with Gasteiger partial charge in [0.25, 0.3) is 0 Å². The number of aryl methyl sites for hydroxylation is 1. The molecule has 2 aromatic rings. The Morgan fingerprint density at radius 3 is 2.92 bits per heavy atom. The van der Waals surface area contributed by atoms with Crippen LogP contribution in [0.15, 0.2) is 48.5 Å². The fourth-order valence-electron chi connectivity index (χ4n) is 3.04. The highest BCUT2D eigenvalue weighted by atomic mass is 19.1. The summed E-state index contributed by atoms with van der Waals surface area (Å²) in [6, 6.07) is 14.3. The molecule has 1 amide bonds. The zero-order chi connectivity index (χ0) is 17.6. The van der Waals surface area contributed by atoms with Crippen LogP contribution in [0.3, 0.4) is 0 Å². The van der Waals surface area contributed by atoms with E-state index in [0.717, 1.165) is 11.3 Å². The molecule has 0 N–H and O–H groups in total. The summed E-state index contributed by atoms with van der Waals surface area (Å²) in [7, 11) is 1.63. The molecule has 25 heavy (non-hydrogen) atoms. The van der Waals surface area contributed by atoms with Crippen molar-refractivity contribution >= 4 is 5.91 Å². The first kappa shape index (κ1) is 17.4. The maximum atomic E-state index is 13.9. The Morgan fingerprint density at radius 2 is 2.12 bits per heavy atom. The van der Waals surface area contributed by atoms with Gasteiger partial charge in [-0.1, -0.05) is 30.3 Å². The summed E-state index contributed by atoms with van der Waals surface area (Å²) in [6.45, 7) is 1.35. The average molecular weight is 343 g/mol. The Bertz CT molecular complexity index is 734. The lowest BCUT2D eigenvalue weighted by Gasteiger charge is -2.33. The van der Waals surface area contributed by atoms with E-state index in [1.807, 2.05) is 24.3 Å². The first-order chi connectivity index (χ1) is 12.2. The topological polar surface area (TPSA) is 38.8 Å². The van der Waals surface area contributed by atoms with Crippen molar-refractivity contribution in [3.05, 3.63) is 65.5 Å². The fourth-order valence-corrected chi connectivity index (χ4v) is 3.04. The van der Waals surface area contributed by atoms with Crippen molar-refractivity contribution in [2.45, 2.75) is 18.9 Å². The third kappa shape index (κ3) is 4.37. The summed E-state index contributed by atoms with van der Waals surface area (Å²) in [5.74, 6) is 0.557. The highest BCUT2D eigenvalue weighted by Gasteiger charge is 2.26. The van der Waals surface area contributed by atoms with E-state index in [1.165, 1.54) is 6.07 Å². The van der Waals surface area contributed by atoms with Gasteiger partial charge in [-0.3, -0.25) is 4.79 Å². The normalized spacial score (nSPS) is 17.4. The van der Waals surface area contributed by atoms with E-state index in [1.54, 1.807) is 30.2 Å². The average Bonchev–Trinajstić information content (AvgIpc) is 2.66. The Hall–Kier alpha value is -2.40. The quantitative estimate of drug-likeness (QED) is 0.835. The van der Waals surface area contributed by atoms with Crippen molar-refractivity contribution < 1.29 is 18.7 Å². The number of nitrogens with zero attached hydrogens (tertiary/aromatic N) is 1. The molecule has 0 saturated carbocycles. The number of hydrogen-bond acceptors (Lipinski definition) is 3. The lowest BCUT2D eigenvalue weighted by atomic mass is 10.1. The number of carbonyl (C=O) groups excluding carboxylic acids is 1. The van der Waals surface area contributed by atoms with E-state index < -0.39 is 6.10 Å². The summed E-state index contributed by atoms with van der Waals surface area (Å²) < 4.78 is 24.8. The lowest BCUT2D eigenvalue weighted by molar-refractivity contribution is -0.139. The molecule has 0 aromatic heterocycles. The predicted octanol–water partition coefficient (Wildman–Crippen LogP) is 3.37. The van der Waals surface area contributed by atoms with Crippen molar-refractivity contribution in [3.63, 3.8) is 0 Å². The first-order valence-electron chi connectivity index (χ1n) is 8.44. The van der Waals surface area contributed by atoms with Gasteiger partial charge >= 0.3 is 0 Å². The third-order valence-electron chi connectivity index (χ3n) is 4.43. The smallest absolute Gasteiger partial charge is 0.223 e. The number of morpholine rings is 1. The van der Waals surface area contributed by atoms with Gasteiger partial charge in [0.2, 0.25) is 5.91 Å². The fraction of sp³-hybridized carbons (Fsp3) is 0.350. The van der Waals surface area contributed by atoms with Gasteiger partial charge in [-0.25, -0.2) is 4.39 Å². The minimum Gasteiger partial charge on any atom is -0.497 e. The second-order valence-electron chi connectivity index (χ2n) is 6.07. The van der Waals surface area contributed by atoms with Crippen molar-refractivity contribution in [2.75, 3.05) is 26.8 Å². The van der Waals surface area contributed by atoms with Gasteiger partial charge < -0.3 is 14.4 Å². The summed E-state index contributed by atoms with van der Waals surface area (Å²) in [4.78, 5) is 14.3. The molecular formula is C20H22FNO3. The molecule has 2 aromatic carbocycles. The molecule has 0 bridgehead atoms. The van der Waals surface area contributed by atoms with Crippen LogP contribution in [0.1, 0.15) is 23.7 Å². The van der Waals surface area contributed by atoms with Crippen LogP contribution in [0.4, 0.5) is 4.39 Å². The maximum absolute atomic E-state index is 13.9. The molecule has 1 fully saturated rings. The Labute approximate surface area is 147 Å². The molecule has 0 spiro atoms. The second-order valence-corrected chi connectivity index (χ2v) is 6.07. The molecule has 4 nitrogen and oxygen atoms in total. The van der Waals surface area contributed by atoms with Crippen LogP contribution >= 0.6 is 0 Å². The van der Waals surface area contributed by atoms with Crippen LogP contribution < -0.4 is 4.74 Å². The van der Waals surface area contributed by atoms with E-state index in [9.17, 15) is 9.18 Å². The molecule has 0 radical (unpaired) electrons. The SMILES string of the molecule is COc1cccc(CCC(=O)N2CCO[C@@H](c3ccccc3F)C2)c1. The van der Waals surface area contributed by atoms with Gasteiger partial charge in [-0.05, 0) is 30.2 Å². The molecular weight excluding hydrogens is 321 g/mol. The monoisotopic (exact) mass is 343 g/mol. The van der Waals surface area contributed by atoms with Gasteiger partial charge in [0, 0.05) is 18.5 Å². The van der Waals surface area contributed by atoms with Gasteiger partial charge in [0.05, 0.1) is 20.3 Å². The van der Waals surface area contributed by atoms with Gasteiger partial charge in [-0.2, -0.15) is 0 Å². The van der Waals surface area contributed by atoms with Crippen LogP contribution in [0.25, 0.3) is 0 Å². The van der Waals surface area contributed by atoms with Crippen LogP contribution in [0, 0.1) is 5.82 Å².